The molecule has 1 heterocycles. The minimum absolute atomic E-state index is 0.264. The monoisotopic (exact) mass is 401 g/mol. The van der Waals surface area contributed by atoms with E-state index in [1.165, 1.54) is 44.5 Å². The molecule has 0 atom stereocenters. The van der Waals surface area contributed by atoms with Gasteiger partial charge in [0.05, 0.1) is 12.0 Å². The minimum Gasteiger partial charge on any atom is -0.489 e. The summed E-state index contributed by atoms with van der Waals surface area (Å²) in [4.78, 5) is 4.16. The van der Waals surface area contributed by atoms with E-state index in [0.717, 1.165) is 12.2 Å². The topological polar surface area (TPSA) is 21.6 Å². The lowest BCUT2D eigenvalue weighted by atomic mass is 9.66. The Morgan fingerprint density at radius 1 is 0.742 bits per heavy atom. The van der Waals surface area contributed by atoms with E-state index in [-0.39, 0.29) is 5.41 Å². The van der Waals surface area contributed by atoms with Gasteiger partial charge >= 0.3 is 0 Å². The molecular weight excluding hydrogens is 378 g/mol. The summed E-state index contributed by atoms with van der Waals surface area (Å²) < 4.78 is 6.30. The van der Waals surface area contributed by atoms with Crippen LogP contribution in [0, 0.1) is 0 Å². The number of rotatable bonds is 2. The maximum Gasteiger partial charge on any atom is 0.123 e. The molecule has 0 amide bonds. The van der Waals surface area contributed by atoms with Crippen molar-refractivity contribution in [1.29, 1.82) is 0 Å². The minimum atomic E-state index is -0.264. The highest BCUT2D eigenvalue weighted by Crippen LogP contribution is 2.56. The molecule has 2 aliphatic rings. The van der Waals surface area contributed by atoms with E-state index < -0.39 is 0 Å². The molecule has 2 heteroatoms. The third kappa shape index (κ3) is 2.61. The number of aliphatic imine (C=N–C) groups is 1. The predicted octanol–water partition coefficient (Wildman–Crippen LogP) is 6.34. The van der Waals surface area contributed by atoms with Crippen molar-refractivity contribution in [1.82, 2.24) is 0 Å². The molecule has 2 nitrogen and oxygen atoms in total. The number of fused-ring (bicyclic) bond motifs is 8. The van der Waals surface area contributed by atoms with Gasteiger partial charge in [-0.25, -0.2) is 0 Å². The van der Waals surface area contributed by atoms with Crippen LogP contribution in [0.1, 0.15) is 33.4 Å². The maximum atomic E-state index is 6.30. The zero-order valence-electron chi connectivity index (χ0n) is 17.3. The van der Waals surface area contributed by atoms with Crippen LogP contribution >= 0.6 is 0 Å². The fourth-order valence-electron chi connectivity index (χ4n) is 5.51. The zero-order valence-corrected chi connectivity index (χ0v) is 17.3. The second-order valence-corrected chi connectivity index (χ2v) is 8.44. The quantitative estimate of drug-likeness (QED) is 0.359. The van der Waals surface area contributed by atoms with Gasteiger partial charge in [-0.1, -0.05) is 84.9 Å². The normalized spacial score (nSPS) is 15.0. The van der Waals surface area contributed by atoms with Crippen LogP contribution in [0.3, 0.4) is 0 Å². The van der Waals surface area contributed by atoms with Gasteiger partial charge in [-0.15, -0.1) is 0 Å². The molecule has 1 aliphatic carbocycles. The lowest BCUT2D eigenvalue weighted by Gasteiger charge is -2.37. The molecule has 0 unspecified atom stereocenters. The molecule has 0 saturated carbocycles. The molecule has 0 bridgehead atoms. The first-order chi connectivity index (χ1) is 15.3. The fourth-order valence-corrected chi connectivity index (χ4v) is 5.51. The molecule has 0 radical (unpaired) electrons. The summed E-state index contributed by atoms with van der Waals surface area (Å²) in [5.41, 5.74) is 10.1. The SMILES string of the molecule is C=NCc1ccc2c(c1)C1(Cc3ccccc3OC2)c2ccccc2-c2ccccc21. The Morgan fingerprint density at radius 3 is 2.16 bits per heavy atom. The molecule has 6 rings (SSSR count). The highest BCUT2D eigenvalue weighted by Gasteiger charge is 2.46. The van der Waals surface area contributed by atoms with Crippen LogP contribution in [0.4, 0.5) is 0 Å². The van der Waals surface area contributed by atoms with E-state index in [4.69, 9.17) is 4.74 Å². The molecule has 1 spiro atoms. The van der Waals surface area contributed by atoms with Gasteiger partial charge < -0.3 is 4.74 Å². The molecule has 0 fully saturated rings. The number of benzene rings is 4. The van der Waals surface area contributed by atoms with Crippen molar-refractivity contribution < 1.29 is 4.74 Å². The predicted molar refractivity (Wildman–Crippen MR) is 126 cm³/mol. The van der Waals surface area contributed by atoms with Gasteiger partial charge in [0.2, 0.25) is 0 Å². The fraction of sp³-hybridized carbons (Fsp3) is 0.138. The molecule has 1 aliphatic heterocycles. The van der Waals surface area contributed by atoms with Crippen molar-refractivity contribution in [2.45, 2.75) is 25.0 Å². The van der Waals surface area contributed by atoms with Crippen molar-refractivity contribution in [3.05, 3.63) is 124 Å². The summed E-state index contributed by atoms with van der Waals surface area (Å²) in [6.07, 6.45) is 0.856. The third-order valence-corrected chi connectivity index (χ3v) is 6.80. The average Bonchev–Trinajstić information content (AvgIpc) is 3.09. The first kappa shape index (κ1) is 18.1. The van der Waals surface area contributed by atoms with Gasteiger partial charge in [-0.2, -0.15) is 0 Å². The summed E-state index contributed by atoms with van der Waals surface area (Å²) in [6.45, 7) is 4.89. The van der Waals surface area contributed by atoms with E-state index >= 15 is 0 Å². The molecule has 31 heavy (non-hydrogen) atoms. The first-order valence-corrected chi connectivity index (χ1v) is 10.8. The molecule has 0 saturated heterocycles. The number of hydrogen-bond donors (Lipinski definition) is 0. The number of hydrogen-bond acceptors (Lipinski definition) is 2. The van der Waals surface area contributed by atoms with Crippen LogP contribution in [0.15, 0.2) is 96.0 Å². The summed E-state index contributed by atoms with van der Waals surface area (Å²) >= 11 is 0. The Labute approximate surface area is 182 Å². The van der Waals surface area contributed by atoms with Crippen LogP contribution in [-0.2, 0) is 25.0 Å². The van der Waals surface area contributed by atoms with E-state index in [9.17, 15) is 0 Å². The second-order valence-electron chi connectivity index (χ2n) is 8.44. The van der Waals surface area contributed by atoms with Gasteiger partial charge in [0.15, 0.2) is 0 Å². The lowest BCUT2D eigenvalue weighted by molar-refractivity contribution is 0.293. The highest BCUT2D eigenvalue weighted by molar-refractivity contribution is 5.84. The van der Waals surface area contributed by atoms with E-state index in [1.54, 1.807) is 0 Å². The molecule has 4 aromatic carbocycles. The van der Waals surface area contributed by atoms with Gasteiger partial charge in [0.1, 0.15) is 12.4 Å². The average molecular weight is 402 g/mol. The Morgan fingerprint density at radius 2 is 1.42 bits per heavy atom. The summed E-state index contributed by atoms with van der Waals surface area (Å²) in [6, 6.07) is 33.0. The summed E-state index contributed by atoms with van der Waals surface area (Å²) in [5.74, 6) is 0.978. The van der Waals surface area contributed by atoms with E-state index in [0.29, 0.717) is 13.2 Å². The Kier molecular flexibility index (Phi) is 4.07. The van der Waals surface area contributed by atoms with Gasteiger partial charge in [-0.05, 0) is 63.7 Å². The molecule has 0 N–H and O–H groups in total. The van der Waals surface area contributed by atoms with E-state index in [1.807, 2.05) is 0 Å². The highest BCUT2D eigenvalue weighted by atomic mass is 16.5. The largest absolute Gasteiger partial charge is 0.489 e. The van der Waals surface area contributed by atoms with Crippen LogP contribution in [-0.4, -0.2) is 6.72 Å². The van der Waals surface area contributed by atoms with Crippen molar-refractivity contribution in [3.63, 3.8) is 0 Å². The maximum absolute atomic E-state index is 6.30. The summed E-state index contributed by atoms with van der Waals surface area (Å²) in [5, 5.41) is 0. The van der Waals surface area contributed by atoms with Gasteiger partial charge in [0, 0.05) is 0 Å². The Hall–Kier alpha value is -3.65. The van der Waals surface area contributed by atoms with Crippen LogP contribution in [0.2, 0.25) is 0 Å². The Balaban J connectivity index is 1.73. The molecular formula is C29H23NO. The van der Waals surface area contributed by atoms with Crippen molar-refractivity contribution in [3.8, 4) is 16.9 Å². The zero-order chi connectivity index (χ0) is 20.8. The van der Waals surface area contributed by atoms with Gasteiger partial charge in [-0.3, -0.25) is 4.99 Å². The van der Waals surface area contributed by atoms with Crippen LogP contribution in [0.25, 0.3) is 11.1 Å². The number of nitrogens with zero attached hydrogens (tertiary/aromatic N) is 1. The van der Waals surface area contributed by atoms with Crippen LogP contribution in [0.5, 0.6) is 5.75 Å². The Bertz CT molecular complexity index is 1270. The van der Waals surface area contributed by atoms with Crippen molar-refractivity contribution >= 4 is 6.72 Å². The second kappa shape index (κ2) is 6.95. The molecule has 150 valence electrons. The third-order valence-electron chi connectivity index (χ3n) is 6.80. The lowest BCUT2D eigenvalue weighted by Crippen LogP contribution is -2.33. The molecule has 0 aromatic heterocycles. The number of ether oxygens (including phenoxy) is 1. The summed E-state index contributed by atoms with van der Waals surface area (Å²) in [7, 11) is 0. The van der Waals surface area contributed by atoms with E-state index in [2.05, 4.69) is 103 Å². The standard InChI is InChI=1S/C29H23NO/c1-30-18-20-14-15-22-19-31-28-13-7-2-8-21(28)17-29(27(22)16-20)25-11-5-3-9-23(25)24-10-4-6-12-26(24)29/h2-16H,1,17-19H2. The van der Waals surface area contributed by atoms with Crippen LogP contribution < -0.4 is 4.74 Å². The first-order valence-electron chi connectivity index (χ1n) is 10.8. The molecule has 4 aromatic rings. The smallest absolute Gasteiger partial charge is 0.123 e. The van der Waals surface area contributed by atoms with Crippen molar-refractivity contribution in [2.24, 2.45) is 4.99 Å². The van der Waals surface area contributed by atoms with Gasteiger partial charge in [0.25, 0.3) is 0 Å². The number of para-hydroxylation sites is 1. The van der Waals surface area contributed by atoms with Crippen molar-refractivity contribution in [2.75, 3.05) is 0 Å².